The van der Waals surface area contributed by atoms with Gasteiger partial charge in [-0.15, -0.1) is 0 Å². The van der Waals surface area contributed by atoms with Gasteiger partial charge in [0, 0.05) is 24.7 Å². The van der Waals surface area contributed by atoms with E-state index < -0.39 is 10.0 Å². The predicted molar refractivity (Wildman–Crippen MR) is 87.7 cm³/mol. The maximum Gasteiger partial charge on any atom is 0.247 e. The molecule has 0 aliphatic rings. The van der Waals surface area contributed by atoms with Gasteiger partial charge in [-0.1, -0.05) is 20.8 Å². The van der Waals surface area contributed by atoms with Crippen molar-refractivity contribution < 1.29 is 12.8 Å². The number of sulfonamides is 1. The van der Waals surface area contributed by atoms with Crippen LogP contribution in [0.25, 0.3) is 0 Å². The van der Waals surface area contributed by atoms with Crippen molar-refractivity contribution in [3.63, 3.8) is 0 Å². The zero-order valence-corrected chi connectivity index (χ0v) is 15.7. The number of hydrogen-bond donors (Lipinski definition) is 1. The van der Waals surface area contributed by atoms with Crippen molar-refractivity contribution in [3.05, 3.63) is 16.5 Å². The lowest BCUT2D eigenvalue weighted by atomic mass is 10.3. The zero-order chi connectivity index (χ0) is 16.2. The minimum absolute atomic E-state index is 0.0889. The van der Waals surface area contributed by atoms with Crippen LogP contribution in [0.3, 0.4) is 0 Å². The normalized spacial score (nSPS) is 12.8. The molecule has 0 saturated carbocycles. The van der Waals surface area contributed by atoms with Gasteiger partial charge in [0.25, 0.3) is 0 Å². The van der Waals surface area contributed by atoms with Crippen molar-refractivity contribution in [2.75, 3.05) is 6.54 Å². The Balaban J connectivity index is 3.07. The van der Waals surface area contributed by atoms with E-state index in [2.05, 4.69) is 21.2 Å². The molecule has 0 aromatic carbocycles. The topological polar surface area (TPSA) is 62.6 Å². The first-order chi connectivity index (χ1) is 9.70. The highest BCUT2D eigenvalue weighted by Gasteiger charge is 2.30. The van der Waals surface area contributed by atoms with Gasteiger partial charge in [-0.2, -0.15) is 4.31 Å². The van der Waals surface area contributed by atoms with E-state index in [0.717, 1.165) is 6.42 Å². The summed E-state index contributed by atoms with van der Waals surface area (Å²) in [4.78, 5) is 0.199. The Labute approximate surface area is 136 Å². The van der Waals surface area contributed by atoms with Crippen LogP contribution in [-0.4, -0.2) is 31.4 Å². The molecule has 1 aromatic heterocycles. The first kappa shape index (κ1) is 18.7. The molecule has 7 heteroatoms. The van der Waals surface area contributed by atoms with Crippen molar-refractivity contribution in [2.24, 2.45) is 0 Å². The SMILES string of the molecule is CCCN(C(C)C)S(=O)(=O)c1cc(CNC(C)C)oc1Br. The average Bonchev–Trinajstić information content (AvgIpc) is 2.75. The van der Waals surface area contributed by atoms with Gasteiger partial charge in [0.2, 0.25) is 10.0 Å². The number of nitrogens with one attached hydrogen (secondary N) is 1. The van der Waals surface area contributed by atoms with E-state index in [-0.39, 0.29) is 15.6 Å². The van der Waals surface area contributed by atoms with Gasteiger partial charge >= 0.3 is 0 Å². The number of nitrogens with zero attached hydrogens (tertiary/aromatic N) is 1. The molecule has 1 heterocycles. The molecule has 0 saturated heterocycles. The quantitative estimate of drug-likeness (QED) is 0.750. The Morgan fingerprint density at radius 3 is 2.43 bits per heavy atom. The number of rotatable bonds is 8. The molecular weight excluding hydrogens is 356 g/mol. The van der Waals surface area contributed by atoms with Gasteiger partial charge in [-0.25, -0.2) is 8.42 Å². The summed E-state index contributed by atoms with van der Waals surface area (Å²) in [5.41, 5.74) is 0. The molecule has 0 unspecified atom stereocenters. The summed E-state index contributed by atoms with van der Waals surface area (Å²) < 4.78 is 32.8. The van der Waals surface area contributed by atoms with Gasteiger partial charge in [-0.05, 0) is 36.2 Å². The minimum atomic E-state index is -3.55. The van der Waals surface area contributed by atoms with Crippen molar-refractivity contribution in [1.82, 2.24) is 9.62 Å². The Morgan fingerprint density at radius 2 is 1.95 bits per heavy atom. The highest BCUT2D eigenvalue weighted by Crippen LogP contribution is 2.29. The van der Waals surface area contributed by atoms with Gasteiger partial charge < -0.3 is 9.73 Å². The Bertz CT molecular complexity index is 553. The van der Waals surface area contributed by atoms with Crippen molar-refractivity contribution in [2.45, 2.75) is 64.6 Å². The third-order valence-electron chi connectivity index (χ3n) is 3.00. The molecule has 122 valence electrons. The number of furan rings is 1. The molecule has 0 bridgehead atoms. The fourth-order valence-electron chi connectivity index (χ4n) is 1.97. The standard InChI is InChI=1S/C14H25BrN2O3S/c1-6-7-17(11(4)5)21(18,19)13-8-12(20-14(13)15)9-16-10(2)3/h8,10-11,16H,6-7,9H2,1-5H3. The molecular formula is C14H25BrN2O3S. The largest absolute Gasteiger partial charge is 0.452 e. The van der Waals surface area contributed by atoms with E-state index in [1.54, 1.807) is 6.07 Å². The highest BCUT2D eigenvalue weighted by molar-refractivity contribution is 9.10. The molecule has 1 rings (SSSR count). The second-order valence-electron chi connectivity index (χ2n) is 5.60. The molecule has 0 fully saturated rings. The summed E-state index contributed by atoms with van der Waals surface area (Å²) in [5, 5.41) is 3.21. The maximum absolute atomic E-state index is 12.8. The van der Waals surface area contributed by atoms with E-state index in [4.69, 9.17) is 4.42 Å². The Morgan fingerprint density at radius 1 is 1.33 bits per heavy atom. The van der Waals surface area contributed by atoms with Crippen LogP contribution < -0.4 is 5.32 Å². The zero-order valence-electron chi connectivity index (χ0n) is 13.3. The van der Waals surface area contributed by atoms with Crippen LogP contribution in [0, 0.1) is 0 Å². The summed E-state index contributed by atoms with van der Waals surface area (Å²) in [5.74, 6) is 0.606. The molecule has 5 nitrogen and oxygen atoms in total. The third kappa shape index (κ3) is 4.81. The summed E-state index contributed by atoms with van der Waals surface area (Å²) in [6.07, 6.45) is 0.772. The van der Waals surface area contributed by atoms with Crippen molar-refractivity contribution in [1.29, 1.82) is 0 Å². The van der Waals surface area contributed by atoms with Gasteiger partial charge in [0.05, 0.1) is 6.54 Å². The number of hydrogen-bond acceptors (Lipinski definition) is 4. The van der Waals surface area contributed by atoms with Crippen LogP contribution in [0.5, 0.6) is 0 Å². The molecule has 1 aromatic rings. The van der Waals surface area contributed by atoms with Gasteiger partial charge in [0.1, 0.15) is 10.7 Å². The van der Waals surface area contributed by atoms with Crippen molar-refractivity contribution in [3.8, 4) is 0 Å². The lowest BCUT2D eigenvalue weighted by molar-refractivity contribution is 0.353. The van der Waals surface area contributed by atoms with E-state index in [0.29, 0.717) is 24.9 Å². The highest BCUT2D eigenvalue weighted by atomic mass is 79.9. The monoisotopic (exact) mass is 380 g/mol. The van der Waals surface area contributed by atoms with E-state index in [1.807, 2.05) is 34.6 Å². The first-order valence-electron chi connectivity index (χ1n) is 7.23. The van der Waals surface area contributed by atoms with E-state index in [1.165, 1.54) is 4.31 Å². The molecule has 0 amide bonds. The molecule has 0 radical (unpaired) electrons. The summed E-state index contributed by atoms with van der Waals surface area (Å²) in [7, 11) is -3.55. The van der Waals surface area contributed by atoms with Crippen LogP contribution in [0.4, 0.5) is 0 Å². The minimum Gasteiger partial charge on any atom is -0.452 e. The van der Waals surface area contributed by atoms with Crippen LogP contribution in [0.1, 0.15) is 46.8 Å². The second kappa shape index (κ2) is 7.76. The molecule has 0 aliphatic heterocycles. The lowest BCUT2D eigenvalue weighted by Gasteiger charge is -2.24. The lowest BCUT2D eigenvalue weighted by Crippen LogP contribution is -2.37. The summed E-state index contributed by atoms with van der Waals surface area (Å²) in [6, 6.07) is 1.81. The molecule has 0 aliphatic carbocycles. The fourth-order valence-corrected chi connectivity index (χ4v) is 4.66. The Hall–Kier alpha value is -0.370. The average molecular weight is 381 g/mol. The van der Waals surface area contributed by atoms with E-state index in [9.17, 15) is 8.42 Å². The maximum atomic E-state index is 12.8. The Kier molecular flexibility index (Phi) is 6.90. The summed E-state index contributed by atoms with van der Waals surface area (Å²) >= 11 is 3.23. The van der Waals surface area contributed by atoms with Crippen molar-refractivity contribution >= 4 is 26.0 Å². The van der Waals surface area contributed by atoms with Crippen LogP contribution in [0.2, 0.25) is 0 Å². The number of halogens is 1. The van der Waals surface area contributed by atoms with Crippen LogP contribution in [0.15, 0.2) is 20.0 Å². The molecule has 21 heavy (non-hydrogen) atoms. The molecule has 0 atom stereocenters. The smallest absolute Gasteiger partial charge is 0.247 e. The van der Waals surface area contributed by atoms with Gasteiger partial charge in [-0.3, -0.25) is 0 Å². The van der Waals surface area contributed by atoms with Crippen LogP contribution >= 0.6 is 15.9 Å². The molecule has 1 N–H and O–H groups in total. The fraction of sp³-hybridized carbons (Fsp3) is 0.714. The third-order valence-corrected chi connectivity index (χ3v) is 5.93. The predicted octanol–water partition coefficient (Wildman–Crippen LogP) is 3.35. The second-order valence-corrected chi connectivity index (χ2v) is 8.17. The summed E-state index contributed by atoms with van der Waals surface area (Å²) in [6.45, 7) is 10.8. The molecule has 0 spiro atoms. The van der Waals surface area contributed by atoms with Crippen LogP contribution in [-0.2, 0) is 16.6 Å². The van der Waals surface area contributed by atoms with E-state index >= 15 is 0 Å². The van der Waals surface area contributed by atoms with Gasteiger partial charge in [0.15, 0.2) is 4.67 Å². The first-order valence-corrected chi connectivity index (χ1v) is 9.46.